The summed E-state index contributed by atoms with van der Waals surface area (Å²) in [6.07, 6.45) is 8.54. The molecule has 5 nitrogen and oxygen atoms in total. The summed E-state index contributed by atoms with van der Waals surface area (Å²) in [4.78, 5) is 23.3. The molecule has 0 unspecified atom stereocenters. The molecular formula is C20H28N2O3Si. The van der Waals surface area contributed by atoms with Gasteiger partial charge in [-0.3, -0.25) is 14.6 Å². The summed E-state index contributed by atoms with van der Waals surface area (Å²) in [5.41, 5.74) is 1.09. The molecule has 3 saturated carbocycles. The van der Waals surface area contributed by atoms with Gasteiger partial charge >= 0.3 is 0 Å². The minimum Gasteiger partial charge on any atom is -0.372 e. The van der Waals surface area contributed by atoms with Gasteiger partial charge in [-0.15, -0.1) is 0 Å². The number of hydrogen-bond donors (Lipinski definition) is 0. The molecule has 0 aliphatic heterocycles. The van der Waals surface area contributed by atoms with Crippen LogP contribution in [-0.4, -0.2) is 50.0 Å². The molecule has 0 saturated heterocycles. The molecule has 2 atom stereocenters. The Morgan fingerprint density at radius 3 is 2.77 bits per heavy atom. The number of nitrogens with zero attached hydrogens (tertiary/aromatic N) is 2. The van der Waals surface area contributed by atoms with E-state index in [0.717, 1.165) is 30.3 Å². The maximum Gasteiger partial charge on any atom is 0.255 e. The highest BCUT2D eigenvalue weighted by Gasteiger charge is 2.77. The van der Waals surface area contributed by atoms with Crippen LogP contribution in [0.25, 0.3) is 6.08 Å². The number of fused-ring (bicyclic) bond motifs is 1. The first-order valence-corrected chi connectivity index (χ1v) is 13.1. The molecule has 0 spiro atoms. The van der Waals surface area contributed by atoms with Crippen LogP contribution in [0.3, 0.4) is 0 Å². The van der Waals surface area contributed by atoms with Crippen molar-refractivity contribution in [3.63, 3.8) is 0 Å². The van der Waals surface area contributed by atoms with E-state index in [-0.39, 0.29) is 11.8 Å². The van der Waals surface area contributed by atoms with Crippen LogP contribution in [-0.2, 0) is 14.4 Å². The van der Waals surface area contributed by atoms with E-state index in [2.05, 4.69) is 37.9 Å². The molecule has 1 heterocycles. The molecule has 26 heavy (non-hydrogen) atoms. The monoisotopic (exact) mass is 372 g/mol. The Morgan fingerprint density at radius 1 is 1.38 bits per heavy atom. The third-order valence-electron chi connectivity index (χ3n) is 6.29. The van der Waals surface area contributed by atoms with Gasteiger partial charge in [0.25, 0.3) is 5.91 Å². The zero-order chi connectivity index (χ0) is 18.7. The van der Waals surface area contributed by atoms with E-state index >= 15 is 0 Å². The van der Waals surface area contributed by atoms with Gasteiger partial charge in [0.15, 0.2) is 0 Å². The van der Waals surface area contributed by atoms with E-state index in [1.807, 2.05) is 12.3 Å². The van der Waals surface area contributed by atoms with Crippen molar-refractivity contribution in [2.45, 2.75) is 44.0 Å². The fourth-order valence-electron chi connectivity index (χ4n) is 5.11. The van der Waals surface area contributed by atoms with Crippen molar-refractivity contribution in [2.75, 3.05) is 20.4 Å². The average Bonchev–Trinajstić information content (AvgIpc) is 3.04. The van der Waals surface area contributed by atoms with Crippen molar-refractivity contribution < 1.29 is 14.4 Å². The van der Waals surface area contributed by atoms with E-state index in [1.54, 1.807) is 14.2 Å². The molecular weight excluding hydrogens is 344 g/mol. The minimum atomic E-state index is -1.44. The summed E-state index contributed by atoms with van der Waals surface area (Å²) in [6.45, 7) is 6.89. The quantitative estimate of drug-likeness (QED) is 0.588. The lowest BCUT2D eigenvalue weighted by atomic mass is 9.64. The Balaban J connectivity index is 1.81. The summed E-state index contributed by atoms with van der Waals surface area (Å²) in [5, 5.41) is 1.38. The molecule has 1 aromatic heterocycles. The summed E-state index contributed by atoms with van der Waals surface area (Å²) in [6, 6.07) is 4.07. The Labute approximate surface area is 156 Å². The second-order valence-corrected chi connectivity index (χ2v) is 14.6. The molecule has 6 heteroatoms. The first-order valence-electron chi connectivity index (χ1n) is 9.34. The van der Waals surface area contributed by atoms with Crippen LogP contribution in [0.4, 0.5) is 0 Å². The highest BCUT2D eigenvalue weighted by atomic mass is 28.3. The van der Waals surface area contributed by atoms with Crippen LogP contribution in [0, 0.1) is 11.3 Å². The normalized spacial score (nSPS) is 34.0. The van der Waals surface area contributed by atoms with Crippen molar-refractivity contribution in [3.8, 4) is 0 Å². The standard InChI is InChI=1S/C20H28N2O3Si/c1-22(24-2)18(23)19-11-15(12-19)16-17-14(7-6-10-21-17)8-9-20(16,19)25-13-26(3,4)5/h6-10,15-16H,11-13H2,1-5H3/t15?,16-,19?,20-/m0/s1. The largest absolute Gasteiger partial charge is 0.372 e. The number of hydroxylamine groups is 2. The highest BCUT2D eigenvalue weighted by Crippen LogP contribution is 2.73. The van der Waals surface area contributed by atoms with E-state index in [9.17, 15) is 4.79 Å². The number of rotatable bonds is 5. The topological polar surface area (TPSA) is 51.7 Å². The molecule has 1 amide bonds. The molecule has 4 aliphatic carbocycles. The second-order valence-electron chi connectivity index (χ2n) is 9.17. The van der Waals surface area contributed by atoms with E-state index in [1.165, 1.54) is 5.06 Å². The fraction of sp³-hybridized carbons (Fsp3) is 0.600. The molecule has 140 valence electrons. The van der Waals surface area contributed by atoms with E-state index in [0.29, 0.717) is 5.92 Å². The summed E-state index contributed by atoms with van der Waals surface area (Å²) < 4.78 is 6.72. The Kier molecular flexibility index (Phi) is 3.95. The van der Waals surface area contributed by atoms with Gasteiger partial charge in [0, 0.05) is 25.4 Å². The lowest BCUT2D eigenvalue weighted by Gasteiger charge is -2.47. The van der Waals surface area contributed by atoms with Crippen LogP contribution < -0.4 is 0 Å². The Morgan fingerprint density at radius 2 is 2.12 bits per heavy atom. The van der Waals surface area contributed by atoms with Crippen molar-refractivity contribution in [2.24, 2.45) is 11.3 Å². The van der Waals surface area contributed by atoms with Gasteiger partial charge in [-0.1, -0.05) is 37.9 Å². The lowest BCUT2D eigenvalue weighted by Crippen LogP contribution is -2.57. The van der Waals surface area contributed by atoms with Gasteiger partial charge in [0.05, 0.1) is 26.3 Å². The molecule has 2 bridgehead atoms. The predicted molar refractivity (Wildman–Crippen MR) is 103 cm³/mol. The van der Waals surface area contributed by atoms with Crippen LogP contribution in [0.1, 0.15) is 30.0 Å². The minimum absolute atomic E-state index is 0.0263. The molecule has 5 rings (SSSR count). The van der Waals surface area contributed by atoms with Gasteiger partial charge in [0.1, 0.15) is 5.60 Å². The molecule has 0 N–H and O–H groups in total. The Bertz CT molecular complexity index is 767. The molecule has 3 fully saturated rings. The number of aromatic nitrogens is 1. The first-order chi connectivity index (χ1) is 12.2. The summed E-state index contributed by atoms with van der Waals surface area (Å²) >= 11 is 0. The number of ether oxygens (including phenoxy) is 1. The SMILES string of the molecule is CON(C)C(=O)C12CC(C1)[C@H]1c3ncccc3C=C[C@]12OC[Si](C)(C)C. The van der Waals surface area contributed by atoms with Crippen molar-refractivity contribution in [1.29, 1.82) is 0 Å². The zero-order valence-electron chi connectivity index (χ0n) is 16.3. The van der Waals surface area contributed by atoms with Crippen LogP contribution >= 0.6 is 0 Å². The third kappa shape index (κ3) is 2.28. The molecule has 0 radical (unpaired) electrons. The highest BCUT2D eigenvalue weighted by molar-refractivity contribution is 6.76. The first kappa shape index (κ1) is 17.9. The third-order valence-corrected chi connectivity index (χ3v) is 7.30. The van der Waals surface area contributed by atoms with Crippen molar-refractivity contribution in [3.05, 3.63) is 35.7 Å². The fourth-order valence-corrected chi connectivity index (χ4v) is 5.78. The number of carbonyl (C=O) groups is 1. The van der Waals surface area contributed by atoms with Crippen molar-refractivity contribution >= 4 is 20.1 Å². The van der Waals surface area contributed by atoms with Crippen molar-refractivity contribution in [1.82, 2.24) is 10.0 Å². The molecule has 0 aromatic carbocycles. The zero-order valence-corrected chi connectivity index (χ0v) is 17.3. The van der Waals surface area contributed by atoms with Gasteiger partial charge in [-0.05, 0) is 30.4 Å². The second kappa shape index (κ2) is 5.75. The van der Waals surface area contributed by atoms with Crippen LogP contribution in [0.2, 0.25) is 19.6 Å². The van der Waals surface area contributed by atoms with E-state index in [4.69, 9.17) is 14.6 Å². The summed E-state index contributed by atoms with van der Waals surface area (Å²) in [5.74, 6) is 0.608. The Hall–Kier alpha value is -1.50. The number of amides is 1. The smallest absolute Gasteiger partial charge is 0.255 e. The van der Waals surface area contributed by atoms with Gasteiger partial charge in [-0.25, -0.2) is 5.06 Å². The van der Waals surface area contributed by atoms with Crippen LogP contribution in [0.5, 0.6) is 0 Å². The predicted octanol–water partition coefficient (Wildman–Crippen LogP) is 3.25. The number of carbonyl (C=O) groups excluding carboxylic acids is 1. The van der Waals surface area contributed by atoms with Crippen LogP contribution in [0.15, 0.2) is 24.4 Å². The maximum absolute atomic E-state index is 13.3. The molecule has 4 aliphatic rings. The van der Waals surface area contributed by atoms with Gasteiger partial charge in [-0.2, -0.15) is 0 Å². The molecule has 1 aromatic rings. The van der Waals surface area contributed by atoms with Gasteiger partial charge in [0.2, 0.25) is 0 Å². The average molecular weight is 373 g/mol. The number of pyridine rings is 1. The van der Waals surface area contributed by atoms with E-state index < -0.39 is 19.1 Å². The number of hydrogen-bond acceptors (Lipinski definition) is 4. The lowest BCUT2D eigenvalue weighted by molar-refractivity contribution is -0.197. The maximum atomic E-state index is 13.3. The summed E-state index contributed by atoms with van der Waals surface area (Å²) in [7, 11) is 1.79. The van der Waals surface area contributed by atoms with Gasteiger partial charge < -0.3 is 4.74 Å².